The van der Waals surface area contributed by atoms with Crippen LogP contribution in [0.3, 0.4) is 0 Å². The molecular weight excluding hydrogens is 424 g/mol. The zero-order valence-electron chi connectivity index (χ0n) is 18.1. The Balaban J connectivity index is 1.53. The number of nitrogens with one attached hydrogen (secondary N) is 2. The summed E-state index contributed by atoms with van der Waals surface area (Å²) in [6, 6.07) is 16.1. The quantitative estimate of drug-likeness (QED) is 0.416. The van der Waals surface area contributed by atoms with Gasteiger partial charge in [-0.15, -0.1) is 10.2 Å². The summed E-state index contributed by atoms with van der Waals surface area (Å²) in [5.74, 6) is 1.52. The molecule has 164 valence electrons. The first-order valence-corrected chi connectivity index (χ1v) is 11.3. The lowest BCUT2D eigenvalue weighted by molar-refractivity contribution is 0.0937. The number of hydrogen-bond acceptors (Lipinski definition) is 6. The highest BCUT2D eigenvalue weighted by Crippen LogP contribution is 2.26. The van der Waals surface area contributed by atoms with Gasteiger partial charge in [0.1, 0.15) is 5.82 Å². The van der Waals surface area contributed by atoms with Crippen molar-refractivity contribution in [2.75, 3.05) is 0 Å². The molecule has 0 saturated heterocycles. The Bertz CT molecular complexity index is 1300. The minimum atomic E-state index is -0.328. The molecule has 2 N–H and O–H groups in total. The molecule has 4 aromatic rings. The topological polar surface area (TPSA) is 106 Å². The van der Waals surface area contributed by atoms with Gasteiger partial charge in [-0.1, -0.05) is 42.1 Å². The van der Waals surface area contributed by atoms with Crippen molar-refractivity contribution in [2.24, 2.45) is 0 Å². The van der Waals surface area contributed by atoms with Crippen LogP contribution in [0.15, 0.2) is 64.5 Å². The molecule has 0 bridgehead atoms. The van der Waals surface area contributed by atoms with Gasteiger partial charge in [-0.2, -0.15) is 0 Å². The van der Waals surface area contributed by atoms with Gasteiger partial charge in [0, 0.05) is 11.6 Å². The van der Waals surface area contributed by atoms with E-state index in [1.807, 2.05) is 61.7 Å². The summed E-state index contributed by atoms with van der Waals surface area (Å²) in [6.45, 7) is 5.97. The fourth-order valence-corrected chi connectivity index (χ4v) is 4.38. The van der Waals surface area contributed by atoms with Crippen LogP contribution in [0.5, 0.6) is 0 Å². The summed E-state index contributed by atoms with van der Waals surface area (Å²) in [7, 11) is 0. The van der Waals surface area contributed by atoms with Gasteiger partial charge in [0.2, 0.25) is 0 Å². The van der Waals surface area contributed by atoms with Crippen LogP contribution in [0.1, 0.15) is 54.9 Å². The molecule has 0 aliphatic carbocycles. The number of H-pyrrole nitrogens is 1. The van der Waals surface area contributed by atoms with E-state index in [0.717, 1.165) is 0 Å². The average Bonchev–Trinajstić information content (AvgIpc) is 3.23. The van der Waals surface area contributed by atoms with Gasteiger partial charge in [-0.25, -0.2) is 4.98 Å². The van der Waals surface area contributed by atoms with Crippen LogP contribution in [0.25, 0.3) is 10.9 Å². The number of para-hydroxylation sites is 1. The molecule has 0 unspecified atom stereocenters. The van der Waals surface area contributed by atoms with Crippen LogP contribution in [0, 0.1) is 0 Å². The molecule has 2 aromatic heterocycles. The average molecular weight is 449 g/mol. The highest BCUT2D eigenvalue weighted by molar-refractivity contribution is 7.98. The Labute approximate surface area is 189 Å². The summed E-state index contributed by atoms with van der Waals surface area (Å²) in [6.07, 6.45) is 0. The number of amides is 1. The predicted octanol–water partition coefficient (Wildman–Crippen LogP) is 3.88. The van der Waals surface area contributed by atoms with Crippen LogP contribution >= 0.6 is 11.8 Å². The normalized spacial score (nSPS) is 12.2. The number of aromatic nitrogens is 5. The van der Waals surface area contributed by atoms with Gasteiger partial charge in [-0.3, -0.25) is 9.59 Å². The Kier molecular flexibility index (Phi) is 6.36. The molecule has 4 rings (SSSR count). The van der Waals surface area contributed by atoms with Crippen LogP contribution in [0.2, 0.25) is 0 Å². The lowest BCUT2D eigenvalue weighted by Gasteiger charge is -2.18. The number of nitrogens with zero attached hydrogens (tertiary/aromatic N) is 4. The number of rotatable bonds is 7. The fourth-order valence-electron chi connectivity index (χ4n) is 3.44. The maximum absolute atomic E-state index is 12.6. The zero-order valence-corrected chi connectivity index (χ0v) is 18.9. The highest BCUT2D eigenvalue weighted by atomic mass is 32.2. The summed E-state index contributed by atoms with van der Waals surface area (Å²) >= 11 is 1.44. The standard InChI is InChI=1S/C23H24N6O2S/c1-14(2)29-20(15(3)24-21(30)16-9-5-4-6-10-16)27-28-23(29)32-13-19-25-18-12-8-7-11-17(18)22(31)26-19/h4-12,14-15H,13H2,1-3H3,(H,24,30)(H,25,26,31)/t15-/m0/s1. The summed E-state index contributed by atoms with van der Waals surface area (Å²) in [5, 5.41) is 13.0. The van der Waals surface area contributed by atoms with Crippen LogP contribution in [-0.4, -0.2) is 30.6 Å². The smallest absolute Gasteiger partial charge is 0.258 e. The molecule has 1 amide bonds. The molecule has 8 nitrogen and oxygen atoms in total. The molecule has 32 heavy (non-hydrogen) atoms. The Morgan fingerprint density at radius 1 is 1.06 bits per heavy atom. The van der Waals surface area contributed by atoms with Crippen molar-refractivity contribution in [3.8, 4) is 0 Å². The molecule has 2 heterocycles. The maximum atomic E-state index is 12.6. The third-order valence-electron chi connectivity index (χ3n) is 4.98. The first kappa shape index (κ1) is 21.8. The van der Waals surface area contributed by atoms with Crippen molar-refractivity contribution >= 4 is 28.6 Å². The Morgan fingerprint density at radius 3 is 2.53 bits per heavy atom. The number of thioether (sulfide) groups is 1. The van der Waals surface area contributed by atoms with Crippen molar-refractivity contribution in [3.63, 3.8) is 0 Å². The van der Waals surface area contributed by atoms with Gasteiger partial charge in [0.25, 0.3) is 11.5 Å². The largest absolute Gasteiger partial charge is 0.342 e. The van der Waals surface area contributed by atoms with Gasteiger partial charge in [0.15, 0.2) is 11.0 Å². The number of hydrogen-bond donors (Lipinski definition) is 2. The van der Waals surface area contributed by atoms with E-state index in [4.69, 9.17) is 0 Å². The number of fused-ring (bicyclic) bond motifs is 1. The molecule has 9 heteroatoms. The number of carbonyl (C=O) groups excluding carboxylic acids is 1. The fraction of sp³-hybridized carbons (Fsp3) is 0.261. The van der Waals surface area contributed by atoms with Crippen LogP contribution in [-0.2, 0) is 5.75 Å². The number of benzene rings is 2. The van der Waals surface area contributed by atoms with Gasteiger partial charge in [-0.05, 0) is 45.0 Å². The van der Waals surface area contributed by atoms with E-state index in [2.05, 4.69) is 25.5 Å². The predicted molar refractivity (Wildman–Crippen MR) is 125 cm³/mol. The second kappa shape index (κ2) is 9.35. The second-order valence-electron chi connectivity index (χ2n) is 7.68. The minimum absolute atomic E-state index is 0.0854. The highest BCUT2D eigenvalue weighted by Gasteiger charge is 2.22. The van der Waals surface area contributed by atoms with Crippen molar-refractivity contribution in [3.05, 3.63) is 82.2 Å². The van der Waals surface area contributed by atoms with Crippen molar-refractivity contribution in [1.29, 1.82) is 0 Å². The van der Waals surface area contributed by atoms with E-state index in [0.29, 0.717) is 39.0 Å². The van der Waals surface area contributed by atoms with E-state index >= 15 is 0 Å². The Morgan fingerprint density at radius 2 is 1.78 bits per heavy atom. The molecule has 0 aliphatic heterocycles. The summed E-state index contributed by atoms with van der Waals surface area (Å²) < 4.78 is 2.00. The van der Waals surface area contributed by atoms with E-state index < -0.39 is 0 Å². The first-order chi connectivity index (χ1) is 15.4. The van der Waals surface area contributed by atoms with Crippen LogP contribution < -0.4 is 10.9 Å². The molecule has 0 fully saturated rings. The molecule has 1 atom stereocenters. The van der Waals surface area contributed by atoms with E-state index in [1.165, 1.54) is 11.8 Å². The lowest BCUT2D eigenvalue weighted by Crippen LogP contribution is -2.29. The molecule has 0 aliphatic rings. The zero-order chi connectivity index (χ0) is 22.7. The maximum Gasteiger partial charge on any atom is 0.258 e. The van der Waals surface area contributed by atoms with E-state index in [-0.39, 0.29) is 23.6 Å². The monoisotopic (exact) mass is 448 g/mol. The first-order valence-electron chi connectivity index (χ1n) is 10.4. The van der Waals surface area contributed by atoms with Crippen molar-refractivity contribution in [1.82, 2.24) is 30.0 Å². The third kappa shape index (κ3) is 4.57. The summed E-state index contributed by atoms with van der Waals surface area (Å²) in [5.41, 5.74) is 1.10. The minimum Gasteiger partial charge on any atom is -0.342 e. The van der Waals surface area contributed by atoms with Crippen LogP contribution in [0.4, 0.5) is 0 Å². The molecule has 0 saturated carbocycles. The van der Waals surface area contributed by atoms with Gasteiger partial charge >= 0.3 is 0 Å². The van der Waals surface area contributed by atoms with Gasteiger partial charge in [0.05, 0.1) is 22.7 Å². The SMILES string of the molecule is CC(C)n1c(SCc2nc3ccccc3c(=O)[nH]2)nnc1[C@H](C)NC(=O)c1ccccc1. The second-order valence-corrected chi connectivity index (χ2v) is 8.63. The molecule has 0 radical (unpaired) electrons. The summed E-state index contributed by atoms with van der Waals surface area (Å²) in [4.78, 5) is 32.3. The third-order valence-corrected chi connectivity index (χ3v) is 5.93. The van der Waals surface area contributed by atoms with Gasteiger partial charge < -0.3 is 14.9 Å². The molecule has 2 aromatic carbocycles. The Hall–Kier alpha value is -3.46. The van der Waals surface area contributed by atoms with Crippen molar-refractivity contribution < 1.29 is 4.79 Å². The van der Waals surface area contributed by atoms with Crippen molar-refractivity contribution in [2.45, 2.75) is 43.8 Å². The lowest BCUT2D eigenvalue weighted by atomic mass is 10.2. The molecular formula is C23H24N6O2S. The number of aromatic amines is 1. The van der Waals surface area contributed by atoms with E-state index in [9.17, 15) is 9.59 Å². The van der Waals surface area contributed by atoms with E-state index in [1.54, 1.807) is 18.2 Å². The molecule has 0 spiro atoms. The number of carbonyl (C=O) groups is 1.